The highest BCUT2D eigenvalue weighted by Crippen LogP contribution is 2.28. The van der Waals surface area contributed by atoms with E-state index < -0.39 is 0 Å². The zero-order chi connectivity index (χ0) is 20.6. The molecule has 158 valence electrons. The van der Waals surface area contributed by atoms with E-state index in [-0.39, 0.29) is 11.2 Å². The van der Waals surface area contributed by atoms with E-state index in [1.54, 1.807) is 0 Å². The minimum Gasteiger partial charge on any atom is -0.411 e. The van der Waals surface area contributed by atoms with Crippen molar-refractivity contribution in [3.63, 3.8) is 0 Å². The van der Waals surface area contributed by atoms with Gasteiger partial charge in [0.15, 0.2) is 0 Å². The Labute approximate surface area is 177 Å². The summed E-state index contributed by atoms with van der Waals surface area (Å²) in [4.78, 5) is 14.7. The van der Waals surface area contributed by atoms with Crippen LogP contribution in [0.2, 0.25) is 0 Å². The monoisotopic (exact) mass is 416 g/mol. The van der Waals surface area contributed by atoms with Crippen molar-refractivity contribution in [3.05, 3.63) is 24.3 Å². The van der Waals surface area contributed by atoms with Crippen LogP contribution in [0.5, 0.6) is 0 Å². The van der Waals surface area contributed by atoms with E-state index in [1.807, 2.05) is 19.1 Å². The van der Waals surface area contributed by atoms with Crippen LogP contribution < -0.4 is 10.2 Å². The summed E-state index contributed by atoms with van der Waals surface area (Å²) >= 11 is 1.31. The van der Waals surface area contributed by atoms with Gasteiger partial charge < -0.3 is 14.6 Å². The third-order valence-corrected chi connectivity index (χ3v) is 6.52. The normalized spacial score (nSPS) is 15.8. The quantitative estimate of drug-likeness (QED) is 0.594. The number of thioether (sulfide) groups is 1. The van der Waals surface area contributed by atoms with Crippen LogP contribution in [0, 0.1) is 5.92 Å². The van der Waals surface area contributed by atoms with Gasteiger partial charge in [-0.1, -0.05) is 31.0 Å². The van der Waals surface area contributed by atoms with Gasteiger partial charge in [0.25, 0.3) is 5.22 Å². The van der Waals surface area contributed by atoms with Gasteiger partial charge in [0.2, 0.25) is 11.8 Å². The van der Waals surface area contributed by atoms with Gasteiger partial charge in [-0.2, -0.15) is 0 Å². The van der Waals surface area contributed by atoms with Crippen LogP contribution in [0.3, 0.4) is 0 Å². The second-order valence-electron chi connectivity index (χ2n) is 7.60. The Morgan fingerprint density at radius 3 is 2.52 bits per heavy atom. The lowest BCUT2D eigenvalue weighted by Crippen LogP contribution is -2.35. The predicted molar refractivity (Wildman–Crippen MR) is 118 cm³/mol. The number of carbonyl (C=O) groups is 1. The molecule has 0 aliphatic heterocycles. The molecule has 1 N–H and O–H groups in total. The largest absolute Gasteiger partial charge is 0.411 e. The summed E-state index contributed by atoms with van der Waals surface area (Å²) in [6.07, 6.45) is 6.34. The first kappa shape index (κ1) is 21.7. The van der Waals surface area contributed by atoms with Gasteiger partial charge in [-0.05, 0) is 63.8 Å². The maximum absolute atomic E-state index is 12.4. The molecule has 0 bridgehead atoms. The summed E-state index contributed by atoms with van der Waals surface area (Å²) in [5.41, 5.74) is 2.06. The lowest BCUT2D eigenvalue weighted by atomic mass is 9.89. The molecule has 1 atom stereocenters. The van der Waals surface area contributed by atoms with E-state index in [0.717, 1.165) is 25.2 Å². The first-order chi connectivity index (χ1) is 14.1. The third-order valence-electron chi connectivity index (χ3n) is 5.59. The molecule has 0 unspecified atom stereocenters. The molecule has 7 heteroatoms. The lowest BCUT2D eigenvalue weighted by Gasteiger charge is -2.22. The van der Waals surface area contributed by atoms with Gasteiger partial charge in [-0.15, -0.1) is 10.2 Å². The average Bonchev–Trinajstić information content (AvgIpc) is 3.22. The molecule has 2 aromatic rings. The number of hydrogen-bond acceptors (Lipinski definition) is 6. The van der Waals surface area contributed by atoms with Crippen molar-refractivity contribution < 1.29 is 9.21 Å². The van der Waals surface area contributed by atoms with Crippen LogP contribution in [0.4, 0.5) is 5.69 Å². The molecule has 1 aromatic carbocycles. The van der Waals surface area contributed by atoms with Gasteiger partial charge in [0.1, 0.15) is 0 Å². The smallest absolute Gasteiger partial charge is 0.277 e. The number of nitrogens with zero attached hydrogens (tertiary/aromatic N) is 3. The molecule has 1 aliphatic rings. The van der Waals surface area contributed by atoms with Crippen LogP contribution in [0.1, 0.15) is 52.9 Å². The molecule has 0 radical (unpaired) electrons. The molecule has 1 fully saturated rings. The molecule has 6 nitrogen and oxygen atoms in total. The molecule has 1 aromatic heterocycles. The number of anilines is 1. The van der Waals surface area contributed by atoms with Crippen LogP contribution in [0.25, 0.3) is 11.5 Å². The highest BCUT2D eigenvalue weighted by atomic mass is 32.2. The molecule has 0 saturated heterocycles. The summed E-state index contributed by atoms with van der Waals surface area (Å²) in [6.45, 7) is 8.88. The maximum atomic E-state index is 12.4. The average molecular weight is 417 g/mol. The highest BCUT2D eigenvalue weighted by Gasteiger charge is 2.20. The Kier molecular flexibility index (Phi) is 7.98. The Hall–Kier alpha value is -2.02. The van der Waals surface area contributed by atoms with Crippen molar-refractivity contribution in [2.24, 2.45) is 5.92 Å². The minimum absolute atomic E-state index is 0.0314. The van der Waals surface area contributed by atoms with Crippen molar-refractivity contribution in [3.8, 4) is 11.5 Å². The molecule has 1 saturated carbocycles. The predicted octanol–water partition coefficient (Wildman–Crippen LogP) is 4.76. The van der Waals surface area contributed by atoms with E-state index in [1.165, 1.54) is 49.6 Å². The second kappa shape index (κ2) is 10.7. The fraction of sp³-hybridized carbons (Fsp3) is 0.591. The Morgan fingerprint density at radius 2 is 1.86 bits per heavy atom. The Bertz CT molecular complexity index is 767. The van der Waals surface area contributed by atoms with E-state index in [2.05, 4.69) is 46.4 Å². The lowest BCUT2D eigenvalue weighted by molar-refractivity contribution is -0.120. The van der Waals surface area contributed by atoms with Crippen molar-refractivity contribution in [2.75, 3.05) is 24.5 Å². The topological polar surface area (TPSA) is 71.3 Å². The number of rotatable bonds is 9. The summed E-state index contributed by atoms with van der Waals surface area (Å²) < 4.78 is 5.79. The molecule has 29 heavy (non-hydrogen) atoms. The van der Waals surface area contributed by atoms with E-state index in [0.29, 0.717) is 17.0 Å². The van der Waals surface area contributed by atoms with Gasteiger partial charge in [-0.25, -0.2) is 0 Å². The summed E-state index contributed by atoms with van der Waals surface area (Å²) in [5, 5.41) is 11.5. The summed E-state index contributed by atoms with van der Waals surface area (Å²) in [7, 11) is 0. The van der Waals surface area contributed by atoms with Crippen molar-refractivity contribution >= 4 is 23.4 Å². The van der Waals surface area contributed by atoms with Crippen molar-refractivity contribution in [2.45, 2.75) is 63.3 Å². The molecule has 3 rings (SSSR count). The summed E-state index contributed by atoms with van der Waals surface area (Å²) in [6, 6.07) is 8.13. The number of hydrogen-bond donors (Lipinski definition) is 1. The maximum Gasteiger partial charge on any atom is 0.277 e. The Balaban J connectivity index is 1.53. The van der Waals surface area contributed by atoms with Crippen LogP contribution in [-0.4, -0.2) is 41.0 Å². The van der Waals surface area contributed by atoms with E-state index in [4.69, 9.17) is 4.42 Å². The van der Waals surface area contributed by atoms with Crippen molar-refractivity contribution in [1.29, 1.82) is 0 Å². The second-order valence-corrected chi connectivity index (χ2v) is 8.89. The SMILES string of the molecule is CCN(CC)c1ccc(-c2nnc(S[C@@H](C)C(=O)NCC3CCCCC3)o2)cc1. The molecule has 1 amide bonds. The van der Waals surface area contributed by atoms with Gasteiger partial charge in [-0.3, -0.25) is 4.79 Å². The third kappa shape index (κ3) is 5.98. The molecular formula is C22H32N4O2S. The minimum atomic E-state index is -0.267. The fourth-order valence-electron chi connectivity index (χ4n) is 3.76. The highest BCUT2D eigenvalue weighted by molar-refractivity contribution is 8.00. The number of benzene rings is 1. The standard InChI is InChI=1S/C22H32N4O2S/c1-4-26(5-2)19-13-11-18(12-14-19)21-24-25-22(28-21)29-16(3)20(27)23-15-17-9-7-6-8-10-17/h11-14,16-17H,4-10,15H2,1-3H3,(H,23,27)/t16-/m0/s1. The fourth-order valence-corrected chi connectivity index (χ4v) is 4.47. The zero-order valence-corrected chi connectivity index (χ0v) is 18.5. The number of aromatic nitrogens is 2. The first-order valence-corrected chi connectivity index (χ1v) is 11.6. The first-order valence-electron chi connectivity index (χ1n) is 10.7. The van der Waals surface area contributed by atoms with E-state index >= 15 is 0 Å². The number of carbonyl (C=O) groups excluding carboxylic acids is 1. The molecule has 1 aliphatic carbocycles. The Morgan fingerprint density at radius 1 is 1.17 bits per heavy atom. The van der Waals surface area contributed by atoms with Crippen LogP contribution >= 0.6 is 11.8 Å². The molecule has 0 spiro atoms. The number of amides is 1. The van der Waals surface area contributed by atoms with E-state index in [9.17, 15) is 4.79 Å². The zero-order valence-electron chi connectivity index (χ0n) is 17.7. The van der Waals surface area contributed by atoms with Crippen LogP contribution in [-0.2, 0) is 4.79 Å². The van der Waals surface area contributed by atoms with Crippen LogP contribution in [0.15, 0.2) is 33.9 Å². The molecular weight excluding hydrogens is 384 g/mol. The molecule has 1 heterocycles. The van der Waals surface area contributed by atoms with Gasteiger partial charge >= 0.3 is 0 Å². The van der Waals surface area contributed by atoms with Gasteiger partial charge in [0.05, 0.1) is 5.25 Å². The van der Waals surface area contributed by atoms with Gasteiger partial charge in [0, 0.05) is 30.9 Å². The van der Waals surface area contributed by atoms with Crippen molar-refractivity contribution in [1.82, 2.24) is 15.5 Å². The summed E-state index contributed by atoms with van der Waals surface area (Å²) in [5.74, 6) is 1.14. The number of nitrogens with one attached hydrogen (secondary N) is 1.